The molecule has 1 aliphatic rings. The van der Waals surface area contributed by atoms with E-state index >= 15 is 0 Å². The van der Waals surface area contributed by atoms with Crippen molar-refractivity contribution in [2.45, 2.75) is 0 Å². The highest BCUT2D eigenvalue weighted by atomic mass is 32.2. The molecule has 0 bridgehead atoms. The van der Waals surface area contributed by atoms with E-state index in [2.05, 4.69) is 19.5 Å². The Balaban J connectivity index is 1.61. The quantitative estimate of drug-likeness (QED) is 0.872. The lowest BCUT2D eigenvalue weighted by Crippen LogP contribution is -2.46. The van der Waals surface area contributed by atoms with Crippen molar-refractivity contribution in [3.05, 3.63) is 48.8 Å². The fourth-order valence-electron chi connectivity index (χ4n) is 2.68. The molecule has 0 amide bonds. The van der Waals surface area contributed by atoms with E-state index < -0.39 is 10.2 Å². The van der Waals surface area contributed by atoms with Crippen LogP contribution in [-0.2, 0) is 10.2 Å². The number of nitrogens with two attached hydrogens (primary N) is 1. The minimum absolute atomic E-state index is 0.465. The summed E-state index contributed by atoms with van der Waals surface area (Å²) >= 11 is 0. The van der Waals surface area contributed by atoms with Gasteiger partial charge in [0, 0.05) is 55.6 Å². The summed E-state index contributed by atoms with van der Waals surface area (Å²) in [5.74, 6) is 0. The van der Waals surface area contributed by atoms with E-state index in [9.17, 15) is 8.42 Å². The van der Waals surface area contributed by atoms with Crippen molar-refractivity contribution in [1.82, 2.24) is 4.98 Å². The van der Waals surface area contributed by atoms with Crippen LogP contribution in [0.2, 0.25) is 0 Å². The monoisotopic (exact) mass is 333 g/mol. The first-order chi connectivity index (χ1) is 11.0. The van der Waals surface area contributed by atoms with Crippen molar-refractivity contribution in [1.29, 1.82) is 0 Å². The van der Waals surface area contributed by atoms with Crippen molar-refractivity contribution in [2.24, 2.45) is 5.14 Å². The zero-order chi connectivity index (χ0) is 16.3. The molecule has 0 radical (unpaired) electrons. The molecule has 0 aliphatic carbocycles. The predicted octanol–water partition coefficient (Wildman–Crippen LogP) is 1.02. The number of hydrogen-bond donors (Lipinski definition) is 2. The molecule has 1 aromatic heterocycles. The number of anilines is 3. The highest BCUT2D eigenvalue weighted by molar-refractivity contribution is 7.90. The van der Waals surface area contributed by atoms with E-state index in [0.29, 0.717) is 5.69 Å². The lowest BCUT2D eigenvalue weighted by atomic mass is 10.2. The van der Waals surface area contributed by atoms with Gasteiger partial charge in [0.2, 0.25) is 0 Å². The van der Waals surface area contributed by atoms with Gasteiger partial charge in [-0.3, -0.25) is 9.71 Å². The number of benzene rings is 1. The molecule has 0 unspecified atom stereocenters. The third kappa shape index (κ3) is 4.11. The summed E-state index contributed by atoms with van der Waals surface area (Å²) in [6.07, 6.45) is 3.61. The van der Waals surface area contributed by atoms with Crippen molar-refractivity contribution in [3.8, 4) is 0 Å². The summed E-state index contributed by atoms with van der Waals surface area (Å²) in [4.78, 5) is 8.65. The Morgan fingerprint density at radius 2 is 1.35 bits per heavy atom. The van der Waals surface area contributed by atoms with E-state index in [1.807, 2.05) is 24.3 Å². The number of pyridine rings is 1. The molecule has 3 rings (SSSR count). The maximum atomic E-state index is 11.0. The summed E-state index contributed by atoms with van der Waals surface area (Å²) in [6.45, 7) is 3.68. The largest absolute Gasteiger partial charge is 0.368 e. The number of rotatable bonds is 4. The van der Waals surface area contributed by atoms with Crippen molar-refractivity contribution in [2.75, 3.05) is 40.7 Å². The molecular formula is C15H19N5O2S. The van der Waals surface area contributed by atoms with Gasteiger partial charge in [-0.2, -0.15) is 8.42 Å². The highest BCUT2D eigenvalue weighted by Gasteiger charge is 2.17. The van der Waals surface area contributed by atoms with Crippen molar-refractivity contribution < 1.29 is 8.42 Å². The molecule has 0 spiro atoms. The van der Waals surface area contributed by atoms with Crippen LogP contribution < -0.4 is 19.7 Å². The standard InChI is InChI=1S/C15H19N5O2S/c16-23(21,22)18-13-1-3-14(4-2-13)19-9-11-20(12-10-19)15-5-7-17-8-6-15/h1-8,18H,9-12H2,(H2,16,21,22). The fraction of sp³-hybridized carbons (Fsp3) is 0.267. The third-order valence-corrected chi connectivity index (χ3v) is 4.32. The van der Waals surface area contributed by atoms with Crippen molar-refractivity contribution >= 4 is 27.3 Å². The number of nitrogens with zero attached hydrogens (tertiary/aromatic N) is 3. The zero-order valence-electron chi connectivity index (χ0n) is 12.6. The maximum absolute atomic E-state index is 11.0. The van der Waals surface area contributed by atoms with E-state index in [1.54, 1.807) is 24.5 Å². The maximum Gasteiger partial charge on any atom is 0.296 e. The van der Waals surface area contributed by atoms with Gasteiger partial charge < -0.3 is 9.80 Å². The van der Waals surface area contributed by atoms with Crippen LogP contribution in [0.5, 0.6) is 0 Å². The van der Waals surface area contributed by atoms with E-state index in [4.69, 9.17) is 5.14 Å². The van der Waals surface area contributed by atoms with Gasteiger partial charge in [0.15, 0.2) is 0 Å². The van der Waals surface area contributed by atoms with Crippen LogP contribution in [-0.4, -0.2) is 39.6 Å². The molecule has 0 atom stereocenters. The number of piperazine rings is 1. The first-order valence-electron chi connectivity index (χ1n) is 7.32. The molecule has 2 aromatic rings. The molecule has 7 nitrogen and oxygen atoms in total. The van der Waals surface area contributed by atoms with Crippen LogP contribution in [0.1, 0.15) is 0 Å². The Labute approximate surface area is 135 Å². The Bertz CT molecular complexity index is 741. The average Bonchev–Trinajstić information content (AvgIpc) is 2.55. The zero-order valence-corrected chi connectivity index (χ0v) is 13.4. The molecular weight excluding hydrogens is 314 g/mol. The summed E-state index contributed by atoms with van der Waals surface area (Å²) in [7, 11) is -3.73. The van der Waals surface area contributed by atoms with Crippen LogP contribution in [0.4, 0.5) is 17.1 Å². The molecule has 2 heterocycles. The normalized spacial score (nSPS) is 15.5. The minimum Gasteiger partial charge on any atom is -0.368 e. The second-order valence-corrected chi connectivity index (χ2v) is 6.67. The molecule has 1 saturated heterocycles. The topological polar surface area (TPSA) is 91.6 Å². The molecule has 1 aliphatic heterocycles. The number of nitrogens with one attached hydrogen (secondary N) is 1. The Hall–Kier alpha value is -2.32. The molecule has 8 heteroatoms. The van der Waals surface area contributed by atoms with E-state index in [-0.39, 0.29) is 0 Å². The van der Waals surface area contributed by atoms with Crippen LogP contribution in [0, 0.1) is 0 Å². The summed E-state index contributed by atoms with van der Waals surface area (Å²) < 4.78 is 24.3. The lowest BCUT2D eigenvalue weighted by molar-refractivity contribution is 0.603. The van der Waals surface area contributed by atoms with Crippen LogP contribution >= 0.6 is 0 Å². The SMILES string of the molecule is NS(=O)(=O)Nc1ccc(N2CCN(c3ccncc3)CC2)cc1. The summed E-state index contributed by atoms with van der Waals surface area (Å²) in [5, 5.41) is 4.96. The van der Waals surface area contributed by atoms with E-state index in [0.717, 1.165) is 31.9 Å². The highest BCUT2D eigenvalue weighted by Crippen LogP contribution is 2.22. The van der Waals surface area contributed by atoms with Gasteiger partial charge in [0.1, 0.15) is 0 Å². The molecule has 23 heavy (non-hydrogen) atoms. The first kappa shape index (κ1) is 15.6. The molecule has 3 N–H and O–H groups in total. The van der Waals surface area contributed by atoms with Crippen LogP contribution in [0.15, 0.2) is 48.8 Å². The van der Waals surface area contributed by atoms with Crippen molar-refractivity contribution in [3.63, 3.8) is 0 Å². The Morgan fingerprint density at radius 1 is 0.870 bits per heavy atom. The number of hydrogen-bond acceptors (Lipinski definition) is 5. The second kappa shape index (κ2) is 6.43. The third-order valence-electron chi connectivity index (χ3n) is 3.80. The van der Waals surface area contributed by atoms with Gasteiger partial charge in [0.25, 0.3) is 10.2 Å². The van der Waals surface area contributed by atoms with E-state index in [1.165, 1.54) is 5.69 Å². The Morgan fingerprint density at radius 3 is 1.83 bits per heavy atom. The van der Waals surface area contributed by atoms with Gasteiger partial charge in [-0.15, -0.1) is 0 Å². The molecule has 1 fully saturated rings. The van der Waals surface area contributed by atoms with Crippen LogP contribution in [0.3, 0.4) is 0 Å². The molecule has 1 aromatic carbocycles. The minimum atomic E-state index is -3.73. The average molecular weight is 333 g/mol. The fourth-order valence-corrected chi connectivity index (χ4v) is 3.15. The molecule has 122 valence electrons. The smallest absolute Gasteiger partial charge is 0.296 e. The first-order valence-corrected chi connectivity index (χ1v) is 8.86. The van der Waals surface area contributed by atoms with Gasteiger partial charge in [-0.05, 0) is 36.4 Å². The van der Waals surface area contributed by atoms with Gasteiger partial charge >= 0.3 is 0 Å². The summed E-state index contributed by atoms with van der Waals surface area (Å²) in [5.41, 5.74) is 2.72. The second-order valence-electron chi connectivity index (χ2n) is 5.37. The Kier molecular flexibility index (Phi) is 4.35. The van der Waals surface area contributed by atoms with Gasteiger partial charge in [-0.25, -0.2) is 5.14 Å². The molecule has 0 saturated carbocycles. The van der Waals surface area contributed by atoms with Crippen LogP contribution in [0.25, 0.3) is 0 Å². The number of aromatic nitrogens is 1. The summed E-state index contributed by atoms with van der Waals surface area (Å²) in [6, 6.07) is 11.3. The lowest BCUT2D eigenvalue weighted by Gasteiger charge is -2.37. The predicted molar refractivity (Wildman–Crippen MR) is 91.8 cm³/mol. The van der Waals surface area contributed by atoms with Gasteiger partial charge in [-0.1, -0.05) is 0 Å². The van der Waals surface area contributed by atoms with Gasteiger partial charge in [0.05, 0.1) is 0 Å².